The van der Waals surface area contributed by atoms with E-state index in [1.165, 1.54) is 19.3 Å². The number of furan rings is 1. The average Bonchev–Trinajstić information content (AvgIpc) is 2.95. The van der Waals surface area contributed by atoms with Crippen molar-refractivity contribution in [1.29, 1.82) is 0 Å². The van der Waals surface area contributed by atoms with Gasteiger partial charge in [-0.05, 0) is 12.8 Å². The van der Waals surface area contributed by atoms with E-state index in [0.717, 1.165) is 29.6 Å². The molecule has 0 radical (unpaired) electrons. The summed E-state index contributed by atoms with van der Waals surface area (Å²) in [7, 11) is 1.97. The smallest absolute Gasteiger partial charge is 0.175 e. The molecule has 1 saturated carbocycles. The van der Waals surface area contributed by atoms with Crippen molar-refractivity contribution < 1.29 is 4.42 Å². The summed E-state index contributed by atoms with van der Waals surface area (Å²) < 4.78 is 7.51. The SMILES string of the molecule is Cn1nc(C2(CN)CCCCC2)c2occc21. The van der Waals surface area contributed by atoms with E-state index in [0.29, 0.717) is 6.54 Å². The number of aryl methyl sites for hydroxylation is 1. The summed E-state index contributed by atoms with van der Waals surface area (Å²) >= 11 is 0. The Morgan fingerprint density at radius 3 is 2.88 bits per heavy atom. The van der Waals surface area contributed by atoms with Crippen LogP contribution in [0.1, 0.15) is 37.8 Å². The number of aromatic nitrogens is 2. The lowest BCUT2D eigenvalue weighted by atomic mass is 9.71. The van der Waals surface area contributed by atoms with Gasteiger partial charge in [-0.2, -0.15) is 5.10 Å². The minimum absolute atomic E-state index is 0.0373. The lowest BCUT2D eigenvalue weighted by molar-refractivity contribution is 0.291. The number of nitrogens with two attached hydrogens (primary N) is 1. The van der Waals surface area contributed by atoms with Crippen LogP contribution in [0.2, 0.25) is 0 Å². The number of fused-ring (bicyclic) bond motifs is 1. The molecule has 2 aromatic heterocycles. The summed E-state index contributed by atoms with van der Waals surface area (Å²) in [5.74, 6) is 0. The molecule has 0 spiro atoms. The first-order chi connectivity index (χ1) is 8.27. The molecule has 1 fully saturated rings. The fourth-order valence-corrected chi connectivity index (χ4v) is 3.10. The maximum atomic E-state index is 6.05. The third-order valence-corrected chi connectivity index (χ3v) is 4.16. The van der Waals surface area contributed by atoms with Crippen LogP contribution in [0, 0.1) is 0 Å². The zero-order valence-electron chi connectivity index (χ0n) is 10.3. The van der Waals surface area contributed by atoms with E-state index in [1.807, 2.05) is 17.8 Å². The molecule has 17 heavy (non-hydrogen) atoms. The van der Waals surface area contributed by atoms with E-state index in [1.54, 1.807) is 6.26 Å². The van der Waals surface area contributed by atoms with Gasteiger partial charge in [-0.3, -0.25) is 4.68 Å². The summed E-state index contributed by atoms with van der Waals surface area (Å²) in [5, 5.41) is 4.66. The first kappa shape index (κ1) is 10.8. The second-order valence-corrected chi connectivity index (χ2v) is 5.15. The molecule has 2 heterocycles. The Morgan fingerprint density at radius 2 is 2.18 bits per heavy atom. The van der Waals surface area contributed by atoms with E-state index in [2.05, 4.69) is 5.10 Å². The number of rotatable bonds is 2. The summed E-state index contributed by atoms with van der Waals surface area (Å²) in [4.78, 5) is 0. The van der Waals surface area contributed by atoms with Crippen LogP contribution in [-0.4, -0.2) is 16.3 Å². The molecule has 92 valence electrons. The quantitative estimate of drug-likeness (QED) is 0.866. The van der Waals surface area contributed by atoms with Crippen LogP contribution in [0.3, 0.4) is 0 Å². The monoisotopic (exact) mass is 233 g/mol. The predicted molar refractivity (Wildman–Crippen MR) is 66.8 cm³/mol. The summed E-state index contributed by atoms with van der Waals surface area (Å²) in [6.45, 7) is 0.666. The first-order valence-corrected chi connectivity index (χ1v) is 6.38. The Kier molecular flexibility index (Phi) is 2.47. The summed E-state index contributed by atoms with van der Waals surface area (Å²) in [5.41, 5.74) is 9.16. The molecule has 4 heteroatoms. The molecule has 1 aliphatic carbocycles. The van der Waals surface area contributed by atoms with Crippen molar-refractivity contribution in [2.24, 2.45) is 12.8 Å². The minimum atomic E-state index is 0.0373. The molecule has 0 atom stereocenters. The van der Waals surface area contributed by atoms with Crippen LogP contribution >= 0.6 is 0 Å². The molecule has 2 N–H and O–H groups in total. The second-order valence-electron chi connectivity index (χ2n) is 5.15. The molecular formula is C13H19N3O. The van der Waals surface area contributed by atoms with Gasteiger partial charge in [0.1, 0.15) is 11.2 Å². The Morgan fingerprint density at radius 1 is 1.41 bits per heavy atom. The highest BCUT2D eigenvalue weighted by atomic mass is 16.3. The lowest BCUT2D eigenvalue weighted by Crippen LogP contribution is -2.37. The molecule has 0 amide bonds. The van der Waals surface area contributed by atoms with Crippen LogP contribution in [0.25, 0.3) is 11.1 Å². The van der Waals surface area contributed by atoms with Gasteiger partial charge in [0.2, 0.25) is 0 Å². The van der Waals surface area contributed by atoms with E-state index in [-0.39, 0.29) is 5.41 Å². The van der Waals surface area contributed by atoms with Crippen molar-refractivity contribution in [3.8, 4) is 0 Å². The van der Waals surface area contributed by atoms with Gasteiger partial charge in [-0.25, -0.2) is 0 Å². The predicted octanol–water partition coefficient (Wildman–Crippen LogP) is 2.33. The van der Waals surface area contributed by atoms with Crippen molar-refractivity contribution in [3.63, 3.8) is 0 Å². The first-order valence-electron chi connectivity index (χ1n) is 6.38. The van der Waals surface area contributed by atoms with E-state index < -0.39 is 0 Å². The van der Waals surface area contributed by atoms with Gasteiger partial charge < -0.3 is 10.2 Å². The van der Waals surface area contributed by atoms with Gasteiger partial charge in [0, 0.05) is 25.1 Å². The van der Waals surface area contributed by atoms with Gasteiger partial charge in [-0.15, -0.1) is 0 Å². The van der Waals surface area contributed by atoms with Crippen LogP contribution in [0.15, 0.2) is 16.7 Å². The number of hydrogen-bond donors (Lipinski definition) is 1. The van der Waals surface area contributed by atoms with Gasteiger partial charge in [0.25, 0.3) is 0 Å². The highest BCUT2D eigenvalue weighted by Gasteiger charge is 2.37. The average molecular weight is 233 g/mol. The van der Waals surface area contributed by atoms with E-state index >= 15 is 0 Å². The fourth-order valence-electron chi connectivity index (χ4n) is 3.10. The highest BCUT2D eigenvalue weighted by Crippen LogP contribution is 2.40. The Labute approximate surface area is 101 Å². The zero-order valence-corrected chi connectivity index (χ0v) is 10.3. The Bertz CT molecular complexity index is 520. The van der Waals surface area contributed by atoms with Gasteiger partial charge in [0.05, 0.1) is 6.26 Å². The maximum Gasteiger partial charge on any atom is 0.175 e. The van der Waals surface area contributed by atoms with Gasteiger partial charge >= 0.3 is 0 Å². The van der Waals surface area contributed by atoms with Crippen molar-refractivity contribution in [2.45, 2.75) is 37.5 Å². The van der Waals surface area contributed by atoms with Crippen molar-refractivity contribution in [3.05, 3.63) is 18.0 Å². The van der Waals surface area contributed by atoms with Gasteiger partial charge in [0.15, 0.2) is 5.58 Å². The standard InChI is InChI=1S/C13H19N3O/c1-16-10-5-8-17-11(10)12(15-16)13(9-14)6-3-2-4-7-13/h5,8H,2-4,6-7,9,14H2,1H3. The Hall–Kier alpha value is -1.29. The molecule has 0 bridgehead atoms. The molecule has 4 nitrogen and oxygen atoms in total. The van der Waals surface area contributed by atoms with Crippen LogP contribution in [0.5, 0.6) is 0 Å². The minimum Gasteiger partial charge on any atom is -0.461 e. The second kappa shape index (κ2) is 3.88. The highest BCUT2D eigenvalue weighted by molar-refractivity contribution is 5.77. The molecule has 0 aromatic carbocycles. The normalized spacial score (nSPS) is 19.9. The molecule has 1 aliphatic rings. The molecule has 0 unspecified atom stereocenters. The van der Waals surface area contributed by atoms with Crippen molar-refractivity contribution >= 4 is 11.1 Å². The van der Waals surface area contributed by atoms with E-state index in [4.69, 9.17) is 10.2 Å². The van der Waals surface area contributed by atoms with E-state index in [9.17, 15) is 0 Å². The Balaban J connectivity index is 2.14. The lowest BCUT2D eigenvalue weighted by Gasteiger charge is -2.34. The van der Waals surface area contributed by atoms with Crippen LogP contribution in [0.4, 0.5) is 0 Å². The molecule has 0 saturated heterocycles. The number of hydrogen-bond acceptors (Lipinski definition) is 3. The van der Waals surface area contributed by atoms with Crippen LogP contribution < -0.4 is 5.73 Å². The molecule has 0 aliphatic heterocycles. The summed E-state index contributed by atoms with van der Waals surface area (Å²) in [6, 6.07) is 1.97. The third-order valence-electron chi connectivity index (χ3n) is 4.16. The summed E-state index contributed by atoms with van der Waals surface area (Å²) in [6.07, 6.45) is 7.82. The third kappa shape index (κ3) is 1.51. The maximum absolute atomic E-state index is 6.05. The largest absolute Gasteiger partial charge is 0.461 e. The topological polar surface area (TPSA) is 57.0 Å². The van der Waals surface area contributed by atoms with Crippen molar-refractivity contribution in [1.82, 2.24) is 9.78 Å². The van der Waals surface area contributed by atoms with Gasteiger partial charge in [-0.1, -0.05) is 19.3 Å². The molecule has 2 aromatic rings. The molecular weight excluding hydrogens is 214 g/mol. The molecule has 3 rings (SSSR count). The zero-order chi connectivity index (χ0) is 11.9. The number of nitrogens with zero attached hydrogens (tertiary/aromatic N) is 2. The van der Waals surface area contributed by atoms with Crippen LogP contribution in [-0.2, 0) is 12.5 Å². The fraction of sp³-hybridized carbons (Fsp3) is 0.615. The van der Waals surface area contributed by atoms with Crippen molar-refractivity contribution in [2.75, 3.05) is 6.54 Å².